The Bertz CT molecular complexity index is 1160. The summed E-state index contributed by atoms with van der Waals surface area (Å²) in [6.45, 7) is 0.225. The number of carboxylic acid groups (broad SMARTS) is 1. The van der Waals surface area contributed by atoms with E-state index in [1.165, 1.54) is 41.7 Å². The zero-order valence-corrected chi connectivity index (χ0v) is 18.4. The van der Waals surface area contributed by atoms with Gasteiger partial charge >= 0.3 is 5.97 Å². The van der Waals surface area contributed by atoms with Gasteiger partial charge in [-0.25, -0.2) is 4.79 Å². The van der Waals surface area contributed by atoms with Gasteiger partial charge in [0.15, 0.2) is 0 Å². The zero-order valence-electron chi connectivity index (χ0n) is 16.0. The first-order valence-electron chi connectivity index (χ1n) is 8.97. The first-order valence-corrected chi connectivity index (χ1v) is 10.7. The molecular weight excluding hydrogens is 484 g/mol. The normalized spacial score (nSPS) is 11.1. The Labute approximate surface area is 190 Å². The van der Waals surface area contributed by atoms with Gasteiger partial charge in [0, 0.05) is 16.6 Å². The van der Waals surface area contributed by atoms with Crippen LogP contribution in [0.1, 0.15) is 31.8 Å². The van der Waals surface area contributed by atoms with Gasteiger partial charge in [-0.1, -0.05) is 12.1 Å². The summed E-state index contributed by atoms with van der Waals surface area (Å²) in [7, 11) is 0. The summed E-state index contributed by atoms with van der Waals surface area (Å²) >= 11 is 4.68. The van der Waals surface area contributed by atoms with Gasteiger partial charge in [0.2, 0.25) is 0 Å². The van der Waals surface area contributed by atoms with Gasteiger partial charge in [-0.2, -0.15) is 11.3 Å². The minimum Gasteiger partial charge on any atom is -0.508 e. The summed E-state index contributed by atoms with van der Waals surface area (Å²) < 4.78 is 0.343. The van der Waals surface area contributed by atoms with Crippen molar-refractivity contribution in [3.63, 3.8) is 0 Å². The number of amides is 2. The number of carbonyl (C=O) groups is 3. The Kier molecular flexibility index (Phi) is 7.22. The third-order valence-corrected chi connectivity index (χ3v) is 5.53. The average Bonchev–Trinajstić information content (AvgIpc) is 3.24. The molecule has 31 heavy (non-hydrogen) atoms. The molecule has 0 saturated carbocycles. The van der Waals surface area contributed by atoms with Crippen molar-refractivity contribution in [1.82, 2.24) is 10.6 Å². The summed E-state index contributed by atoms with van der Waals surface area (Å²) in [5.41, 5.74) is 1.64. The Morgan fingerprint density at radius 1 is 1.06 bits per heavy atom. The van der Waals surface area contributed by atoms with Crippen molar-refractivity contribution in [2.45, 2.75) is 6.54 Å². The molecule has 0 unspecified atom stereocenters. The van der Waals surface area contributed by atoms with Crippen LogP contribution in [0.3, 0.4) is 0 Å². The third kappa shape index (κ3) is 6.03. The van der Waals surface area contributed by atoms with Gasteiger partial charge in [-0.3, -0.25) is 9.59 Å². The van der Waals surface area contributed by atoms with Crippen molar-refractivity contribution in [2.24, 2.45) is 0 Å². The van der Waals surface area contributed by atoms with Gasteiger partial charge in [0.25, 0.3) is 11.8 Å². The summed E-state index contributed by atoms with van der Waals surface area (Å²) in [6.07, 6.45) is 1.37. The van der Waals surface area contributed by atoms with E-state index >= 15 is 0 Å². The fourth-order valence-electron chi connectivity index (χ4n) is 2.66. The Morgan fingerprint density at radius 3 is 2.52 bits per heavy atom. The zero-order chi connectivity index (χ0) is 22.4. The molecule has 1 aromatic heterocycles. The molecule has 0 fully saturated rings. The van der Waals surface area contributed by atoms with Crippen LogP contribution in [-0.2, 0) is 11.3 Å². The van der Waals surface area contributed by atoms with Crippen molar-refractivity contribution < 1.29 is 24.6 Å². The molecule has 7 nitrogen and oxygen atoms in total. The van der Waals surface area contributed by atoms with E-state index in [4.69, 9.17) is 0 Å². The standard InChI is InChI=1S/C22H17BrN2O5S/c23-18-10-15(20(27)24-11-13-2-1-3-16(26)8-13)4-5-17(18)21(28)25-19(22(29)30)9-14-6-7-31-12-14/h1-10,12,26H,11H2,(H,24,27)(H,25,28)(H,29,30)/b19-9+. The maximum absolute atomic E-state index is 12.6. The number of phenols is 1. The van der Waals surface area contributed by atoms with Crippen LogP contribution in [0.15, 0.2) is 69.5 Å². The maximum Gasteiger partial charge on any atom is 0.352 e. The molecule has 0 aliphatic rings. The predicted molar refractivity (Wildman–Crippen MR) is 121 cm³/mol. The van der Waals surface area contributed by atoms with Crippen LogP contribution in [0.4, 0.5) is 0 Å². The van der Waals surface area contributed by atoms with E-state index in [0.29, 0.717) is 15.6 Å². The molecule has 158 valence electrons. The van der Waals surface area contributed by atoms with Crippen molar-refractivity contribution in [1.29, 1.82) is 0 Å². The highest BCUT2D eigenvalue weighted by molar-refractivity contribution is 9.10. The highest BCUT2D eigenvalue weighted by Gasteiger charge is 2.17. The quantitative estimate of drug-likeness (QED) is 0.366. The maximum atomic E-state index is 12.6. The minimum atomic E-state index is -1.27. The van der Waals surface area contributed by atoms with Crippen molar-refractivity contribution in [2.75, 3.05) is 0 Å². The summed E-state index contributed by atoms with van der Waals surface area (Å²) in [5, 5.41) is 27.5. The number of benzene rings is 2. The molecule has 9 heteroatoms. The Balaban J connectivity index is 1.69. The summed E-state index contributed by atoms with van der Waals surface area (Å²) in [5.74, 6) is -2.14. The topological polar surface area (TPSA) is 116 Å². The van der Waals surface area contributed by atoms with Gasteiger partial charge in [0.05, 0.1) is 5.56 Å². The van der Waals surface area contributed by atoms with Crippen LogP contribution in [0.2, 0.25) is 0 Å². The number of aliphatic carboxylic acids is 1. The predicted octanol–water partition coefficient (Wildman–Crippen LogP) is 4.00. The second-order valence-electron chi connectivity index (χ2n) is 6.42. The van der Waals surface area contributed by atoms with E-state index in [1.54, 1.807) is 35.0 Å². The molecule has 0 aliphatic carbocycles. The SMILES string of the molecule is O=C(O)/C(=C\c1ccsc1)NC(=O)c1ccc(C(=O)NCc2cccc(O)c2)cc1Br. The molecule has 0 atom stereocenters. The fourth-order valence-corrected chi connectivity index (χ4v) is 3.83. The van der Waals surface area contributed by atoms with Crippen LogP contribution < -0.4 is 10.6 Å². The second-order valence-corrected chi connectivity index (χ2v) is 8.06. The summed E-state index contributed by atoms with van der Waals surface area (Å²) in [4.78, 5) is 36.4. The lowest BCUT2D eigenvalue weighted by Gasteiger charge is -2.10. The third-order valence-electron chi connectivity index (χ3n) is 4.17. The number of aromatic hydroxyl groups is 1. The highest BCUT2D eigenvalue weighted by Crippen LogP contribution is 2.20. The van der Waals surface area contributed by atoms with Gasteiger partial charge < -0.3 is 20.8 Å². The van der Waals surface area contributed by atoms with Crippen LogP contribution in [-0.4, -0.2) is 28.0 Å². The number of phenolic OH excluding ortho intramolecular Hbond substituents is 1. The molecule has 0 bridgehead atoms. The molecule has 2 amide bonds. The van der Waals surface area contributed by atoms with E-state index in [1.807, 2.05) is 0 Å². The molecular formula is C22H17BrN2O5S. The van der Waals surface area contributed by atoms with Gasteiger partial charge in [0.1, 0.15) is 11.4 Å². The molecule has 3 rings (SSSR count). The van der Waals surface area contributed by atoms with Gasteiger partial charge in [-0.15, -0.1) is 0 Å². The molecule has 2 aromatic carbocycles. The fraction of sp³-hybridized carbons (Fsp3) is 0.0455. The van der Waals surface area contributed by atoms with E-state index in [2.05, 4.69) is 26.6 Å². The van der Waals surface area contributed by atoms with Crippen LogP contribution in [0, 0.1) is 0 Å². The molecule has 0 radical (unpaired) electrons. The number of carbonyl (C=O) groups excluding carboxylic acids is 2. The molecule has 0 spiro atoms. The van der Waals surface area contributed by atoms with Crippen molar-refractivity contribution in [3.8, 4) is 5.75 Å². The second kappa shape index (κ2) is 10.1. The van der Waals surface area contributed by atoms with Crippen LogP contribution in [0.5, 0.6) is 5.75 Å². The van der Waals surface area contributed by atoms with Crippen molar-refractivity contribution in [3.05, 3.63) is 91.7 Å². The molecule has 4 N–H and O–H groups in total. The van der Waals surface area contributed by atoms with E-state index in [9.17, 15) is 24.6 Å². The number of halogens is 1. The molecule has 1 heterocycles. The lowest BCUT2D eigenvalue weighted by Crippen LogP contribution is -2.28. The number of hydrogen-bond acceptors (Lipinski definition) is 5. The lowest BCUT2D eigenvalue weighted by atomic mass is 10.1. The first-order chi connectivity index (χ1) is 14.8. The lowest BCUT2D eigenvalue weighted by molar-refractivity contribution is -0.132. The van der Waals surface area contributed by atoms with Gasteiger partial charge in [-0.05, 0) is 80.3 Å². The molecule has 3 aromatic rings. The number of rotatable bonds is 7. The average molecular weight is 501 g/mol. The van der Waals surface area contributed by atoms with Crippen LogP contribution in [0.25, 0.3) is 6.08 Å². The molecule has 0 aliphatic heterocycles. The first kappa shape index (κ1) is 22.3. The number of thiophene rings is 1. The highest BCUT2D eigenvalue weighted by atomic mass is 79.9. The number of carboxylic acids is 1. The minimum absolute atomic E-state index is 0.110. The van der Waals surface area contributed by atoms with E-state index in [-0.39, 0.29) is 29.5 Å². The Hall–Kier alpha value is -3.43. The van der Waals surface area contributed by atoms with E-state index in [0.717, 1.165) is 5.56 Å². The molecule has 0 saturated heterocycles. The smallest absolute Gasteiger partial charge is 0.352 e. The number of hydrogen-bond donors (Lipinski definition) is 4. The van der Waals surface area contributed by atoms with Crippen LogP contribution >= 0.6 is 27.3 Å². The van der Waals surface area contributed by atoms with Crippen molar-refractivity contribution >= 4 is 51.1 Å². The summed E-state index contributed by atoms with van der Waals surface area (Å²) in [6, 6.07) is 12.7. The largest absolute Gasteiger partial charge is 0.508 e. The number of nitrogens with one attached hydrogen (secondary N) is 2. The Morgan fingerprint density at radius 2 is 1.87 bits per heavy atom. The monoisotopic (exact) mass is 500 g/mol. The van der Waals surface area contributed by atoms with E-state index < -0.39 is 11.9 Å².